The lowest BCUT2D eigenvalue weighted by molar-refractivity contribution is -0.131. The Bertz CT molecular complexity index is 731. The van der Waals surface area contributed by atoms with E-state index in [9.17, 15) is 4.79 Å². The summed E-state index contributed by atoms with van der Waals surface area (Å²) in [5.41, 5.74) is 4.00. The molecule has 0 aliphatic carbocycles. The summed E-state index contributed by atoms with van der Waals surface area (Å²) < 4.78 is 16.4. The van der Waals surface area contributed by atoms with Crippen LogP contribution in [0.4, 0.5) is 0 Å². The summed E-state index contributed by atoms with van der Waals surface area (Å²) in [7, 11) is 1.49. The van der Waals surface area contributed by atoms with Gasteiger partial charge in [-0.25, -0.2) is 5.43 Å². The van der Waals surface area contributed by atoms with Crippen molar-refractivity contribution in [1.82, 2.24) is 5.43 Å². The van der Waals surface area contributed by atoms with Gasteiger partial charge < -0.3 is 14.2 Å². The number of benzene rings is 2. The van der Waals surface area contributed by atoms with Crippen molar-refractivity contribution in [3.8, 4) is 11.5 Å². The van der Waals surface area contributed by atoms with Crippen LogP contribution >= 0.6 is 0 Å². The van der Waals surface area contributed by atoms with E-state index in [0.29, 0.717) is 24.7 Å². The fourth-order valence-electron chi connectivity index (χ4n) is 2.44. The normalized spacial score (nSPS) is 14.4. The molecule has 2 aromatic rings. The van der Waals surface area contributed by atoms with Crippen LogP contribution in [-0.2, 0) is 9.53 Å². The lowest BCUT2D eigenvalue weighted by Gasteiger charge is -2.19. The average molecular weight is 326 g/mol. The van der Waals surface area contributed by atoms with Crippen molar-refractivity contribution >= 4 is 12.1 Å². The second-order valence-corrected chi connectivity index (χ2v) is 5.13. The predicted octanol–water partition coefficient (Wildman–Crippen LogP) is 2.30. The quantitative estimate of drug-likeness (QED) is 0.676. The van der Waals surface area contributed by atoms with Gasteiger partial charge in [-0.05, 0) is 17.7 Å². The molecule has 6 heteroatoms. The van der Waals surface area contributed by atoms with Gasteiger partial charge in [0.15, 0.2) is 17.6 Å². The van der Waals surface area contributed by atoms with Gasteiger partial charge in [-0.3, -0.25) is 4.79 Å². The van der Waals surface area contributed by atoms with E-state index in [1.54, 1.807) is 0 Å². The Labute approximate surface area is 140 Å². The van der Waals surface area contributed by atoms with Crippen LogP contribution in [0.25, 0.3) is 0 Å². The van der Waals surface area contributed by atoms with E-state index in [1.807, 2.05) is 48.5 Å². The first kappa shape index (κ1) is 16.0. The maximum atomic E-state index is 12.2. The zero-order chi connectivity index (χ0) is 16.8. The van der Waals surface area contributed by atoms with E-state index in [2.05, 4.69) is 10.5 Å². The summed E-state index contributed by atoms with van der Waals surface area (Å²) in [5.74, 6) is 0.964. The lowest BCUT2D eigenvalue weighted by Crippen LogP contribution is -2.26. The molecule has 0 spiro atoms. The maximum absolute atomic E-state index is 12.2. The number of hydrazone groups is 1. The van der Waals surface area contributed by atoms with Gasteiger partial charge in [0.05, 0.1) is 6.21 Å². The fourth-order valence-corrected chi connectivity index (χ4v) is 2.44. The summed E-state index contributed by atoms with van der Waals surface area (Å²) in [4.78, 5) is 12.2. The van der Waals surface area contributed by atoms with Crippen LogP contribution in [0.3, 0.4) is 0 Å². The Morgan fingerprint density at radius 1 is 1.17 bits per heavy atom. The Kier molecular flexibility index (Phi) is 5.08. The van der Waals surface area contributed by atoms with Crippen LogP contribution in [0.1, 0.15) is 17.2 Å². The first-order valence-electron chi connectivity index (χ1n) is 7.59. The van der Waals surface area contributed by atoms with Crippen LogP contribution in [-0.4, -0.2) is 32.4 Å². The highest BCUT2D eigenvalue weighted by Crippen LogP contribution is 2.32. The highest BCUT2D eigenvalue weighted by Gasteiger charge is 2.19. The first-order chi connectivity index (χ1) is 11.8. The zero-order valence-electron chi connectivity index (χ0n) is 13.3. The number of rotatable bonds is 5. The summed E-state index contributed by atoms with van der Waals surface area (Å²) in [6.45, 7) is 1.01. The molecule has 24 heavy (non-hydrogen) atoms. The number of carbonyl (C=O) groups is 1. The third kappa shape index (κ3) is 3.55. The average Bonchev–Trinajstić information content (AvgIpc) is 2.63. The van der Waals surface area contributed by atoms with Gasteiger partial charge in [0.1, 0.15) is 13.2 Å². The minimum Gasteiger partial charge on any atom is -0.486 e. The Balaban J connectivity index is 1.69. The molecule has 1 N–H and O–H groups in total. The number of nitrogens with one attached hydrogen (secondary N) is 1. The van der Waals surface area contributed by atoms with E-state index < -0.39 is 6.10 Å². The number of fused-ring (bicyclic) bond motifs is 1. The number of amides is 1. The SMILES string of the molecule is CO[C@@H](C(=O)N/N=C\c1cccc2c1OCCO2)c1ccccc1. The lowest BCUT2D eigenvalue weighted by atomic mass is 10.1. The van der Waals surface area contributed by atoms with Gasteiger partial charge in [-0.15, -0.1) is 0 Å². The highest BCUT2D eigenvalue weighted by atomic mass is 16.6. The number of para-hydroxylation sites is 1. The minimum atomic E-state index is -0.715. The molecule has 1 heterocycles. The summed E-state index contributed by atoms with van der Waals surface area (Å²) in [6.07, 6.45) is 0.816. The first-order valence-corrected chi connectivity index (χ1v) is 7.59. The third-order valence-electron chi connectivity index (χ3n) is 3.55. The Hall–Kier alpha value is -2.86. The number of hydrogen-bond acceptors (Lipinski definition) is 5. The highest BCUT2D eigenvalue weighted by molar-refractivity contribution is 5.87. The Morgan fingerprint density at radius 2 is 1.96 bits per heavy atom. The summed E-state index contributed by atoms with van der Waals surface area (Å²) in [5, 5.41) is 4.00. The van der Waals surface area contributed by atoms with Crippen molar-refractivity contribution in [3.05, 3.63) is 59.7 Å². The molecule has 1 aliphatic rings. The molecule has 0 aromatic heterocycles. The van der Waals surface area contributed by atoms with Crippen molar-refractivity contribution in [2.75, 3.05) is 20.3 Å². The molecule has 1 atom stereocenters. The molecule has 1 amide bonds. The fraction of sp³-hybridized carbons (Fsp3) is 0.222. The van der Waals surface area contributed by atoms with Gasteiger partial charge in [0, 0.05) is 12.7 Å². The number of nitrogens with zero attached hydrogens (tertiary/aromatic N) is 1. The number of methoxy groups -OCH3 is 1. The van der Waals surface area contributed by atoms with Gasteiger partial charge in [-0.1, -0.05) is 36.4 Å². The number of hydrogen-bond donors (Lipinski definition) is 1. The summed E-state index contributed by atoms with van der Waals surface area (Å²) >= 11 is 0. The Morgan fingerprint density at radius 3 is 2.75 bits per heavy atom. The van der Waals surface area contributed by atoms with E-state index >= 15 is 0 Å². The van der Waals surface area contributed by atoms with E-state index in [0.717, 1.165) is 11.1 Å². The molecule has 3 rings (SSSR count). The van der Waals surface area contributed by atoms with Gasteiger partial charge >= 0.3 is 0 Å². The third-order valence-corrected chi connectivity index (χ3v) is 3.55. The predicted molar refractivity (Wildman–Crippen MR) is 89.4 cm³/mol. The van der Waals surface area contributed by atoms with Gasteiger partial charge in [0.25, 0.3) is 5.91 Å². The standard InChI is InChI=1S/C18H18N2O4/c1-22-17(13-6-3-2-4-7-13)18(21)20-19-12-14-8-5-9-15-16(14)24-11-10-23-15/h2-9,12,17H,10-11H2,1H3,(H,20,21)/b19-12-/t17-/m1/s1. The van der Waals surface area contributed by atoms with Crippen LogP contribution in [0, 0.1) is 0 Å². The van der Waals surface area contributed by atoms with Crippen LogP contribution in [0.15, 0.2) is 53.6 Å². The molecule has 2 aromatic carbocycles. The summed E-state index contributed by atoms with van der Waals surface area (Å²) in [6, 6.07) is 14.8. The number of carbonyl (C=O) groups excluding carboxylic acids is 1. The molecule has 0 saturated carbocycles. The largest absolute Gasteiger partial charge is 0.486 e. The van der Waals surface area contributed by atoms with E-state index in [-0.39, 0.29) is 5.91 Å². The minimum absolute atomic E-state index is 0.345. The van der Waals surface area contributed by atoms with Gasteiger partial charge in [0.2, 0.25) is 0 Å². The second kappa shape index (κ2) is 7.61. The monoisotopic (exact) mass is 326 g/mol. The van der Waals surface area contributed by atoms with Crippen molar-refractivity contribution in [2.45, 2.75) is 6.10 Å². The van der Waals surface area contributed by atoms with Crippen molar-refractivity contribution in [3.63, 3.8) is 0 Å². The molecule has 124 valence electrons. The second-order valence-electron chi connectivity index (χ2n) is 5.13. The zero-order valence-corrected chi connectivity index (χ0v) is 13.3. The van der Waals surface area contributed by atoms with E-state index in [1.165, 1.54) is 13.3 Å². The van der Waals surface area contributed by atoms with Crippen molar-refractivity contribution in [1.29, 1.82) is 0 Å². The maximum Gasteiger partial charge on any atom is 0.273 e. The molecule has 6 nitrogen and oxygen atoms in total. The molecule has 0 unspecified atom stereocenters. The topological polar surface area (TPSA) is 69.2 Å². The van der Waals surface area contributed by atoms with Gasteiger partial charge in [-0.2, -0.15) is 5.10 Å². The molecular weight excluding hydrogens is 308 g/mol. The molecule has 0 radical (unpaired) electrons. The van der Waals surface area contributed by atoms with Crippen LogP contribution < -0.4 is 14.9 Å². The molecular formula is C18H18N2O4. The van der Waals surface area contributed by atoms with Crippen molar-refractivity contribution in [2.24, 2.45) is 5.10 Å². The van der Waals surface area contributed by atoms with E-state index in [4.69, 9.17) is 14.2 Å². The van der Waals surface area contributed by atoms with Crippen molar-refractivity contribution < 1.29 is 19.0 Å². The molecule has 0 fully saturated rings. The smallest absolute Gasteiger partial charge is 0.273 e. The molecule has 1 aliphatic heterocycles. The number of ether oxygens (including phenoxy) is 3. The molecule has 0 bridgehead atoms. The molecule has 0 saturated heterocycles. The van der Waals surface area contributed by atoms with Crippen LogP contribution in [0.2, 0.25) is 0 Å². The van der Waals surface area contributed by atoms with Crippen LogP contribution in [0.5, 0.6) is 11.5 Å².